The average Bonchev–Trinajstić information content (AvgIpc) is 2.76. The molecular formula is C23H17BrClF2NO2. The highest BCUT2D eigenvalue weighted by Gasteiger charge is 2.36. The number of aryl methyl sites for hydroxylation is 1. The van der Waals surface area contributed by atoms with Gasteiger partial charge in [0, 0.05) is 5.02 Å². The van der Waals surface area contributed by atoms with E-state index < -0.39 is 23.8 Å². The maximum absolute atomic E-state index is 14.4. The lowest BCUT2D eigenvalue weighted by Crippen LogP contribution is -2.39. The molecule has 0 saturated heterocycles. The minimum Gasteiger partial charge on any atom is -0.444 e. The Bertz CT molecular complexity index is 1090. The van der Waals surface area contributed by atoms with Gasteiger partial charge in [-0.05, 0) is 63.7 Å². The number of halogens is 4. The molecule has 7 heteroatoms. The van der Waals surface area contributed by atoms with Crippen LogP contribution in [0.25, 0.3) is 0 Å². The fraction of sp³-hybridized carbons (Fsp3) is 0.174. The summed E-state index contributed by atoms with van der Waals surface area (Å²) >= 11 is 9.30. The van der Waals surface area contributed by atoms with Crippen LogP contribution in [0.5, 0.6) is 0 Å². The lowest BCUT2D eigenvalue weighted by atomic mass is 9.91. The molecule has 1 amide bonds. The van der Waals surface area contributed by atoms with Crippen LogP contribution in [0.2, 0.25) is 5.02 Å². The third kappa shape index (κ3) is 4.07. The number of amides is 1. The lowest BCUT2D eigenvalue weighted by Gasteiger charge is -2.37. The van der Waals surface area contributed by atoms with Gasteiger partial charge >= 0.3 is 6.09 Å². The van der Waals surface area contributed by atoms with Crippen molar-refractivity contribution in [2.24, 2.45) is 0 Å². The predicted octanol–water partition coefficient (Wildman–Crippen LogP) is 7.21. The number of nitrogens with zero attached hydrogens (tertiary/aromatic N) is 1. The molecule has 0 bridgehead atoms. The first kappa shape index (κ1) is 20.8. The number of rotatable bonds is 3. The number of hydrogen-bond donors (Lipinski definition) is 0. The molecule has 1 aliphatic heterocycles. The molecule has 0 N–H and O–H groups in total. The van der Waals surface area contributed by atoms with Crippen molar-refractivity contribution >= 4 is 39.3 Å². The van der Waals surface area contributed by atoms with Gasteiger partial charge in [-0.15, -0.1) is 0 Å². The Morgan fingerprint density at radius 2 is 1.90 bits per heavy atom. The summed E-state index contributed by atoms with van der Waals surface area (Å²) in [6, 6.07) is 17.1. The Hall–Kier alpha value is -2.44. The van der Waals surface area contributed by atoms with E-state index >= 15 is 0 Å². The van der Waals surface area contributed by atoms with Gasteiger partial charge in [-0.25, -0.2) is 13.6 Å². The van der Waals surface area contributed by atoms with Crippen molar-refractivity contribution in [3.05, 3.63) is 98.5 Å². The third-order valence-electron chi connectivity index (χ3n) is 5.09. The largest absolute Gasteiger partial charge is 0.444 e. The van der Waals surface area contributed by atoms with Crippen LogP contribution in [-0.4, -0.2) is 6.09 Å². The lowest BCUT2D eigenvalue weighted by molar-refractivity contribution is 0.143. The van der Waals surface area contributed by atoms with Crippen molar-refractivity contribution in [2.75, 3.05) is 4.90 Å². The smallest absolute Gasteiger partial charge is 0.415 e. The SMILES string of the molecule is O=C(OCc1ccccc1)N1c2c(cc(F)c(F)c2Br)CCC1c1cccc(Cl)c1. The molecule has 1 unspecified atom stereocenters. The van der Waals surface area contributed by atoms with E-state index in [1.807, 2.05) is 36.4 Å². The normalized spacial score (nSPS) is 15.6. The van der Waals surface area contributed by atoms with E-state index in [1.54, 1.807) is 18.2 Å². The zero-order chi connectivity index (χ0) is 21.3. The van der Waals surface area contributed by atoms with Gasteiger partial charge in [0.25, 0.3) is 0 Å². The number of ether oxygens (including phenoxy) is 1. The number of fused-ring (bicyclic) bond motifs is 1. The fourth-order valence-electron chi connectivity index (χ4n) is 3.70. The Balaban J connectivity index is 1.75. The number of carbonyl (C=O) groups excluding carboxylic acids is 1. The second-order valence-electron chi connectivity index (χ2n) is 7.01. The molecule has 1 atom stereocenters. The van der Waals surface area contributed by atoms with Crippen LogP contribution in [0.4, 0.5) is 19.3 Å². The van der Waals surface area contributed by atoms with Crippen LogP contribution >= 0.6 is 27.5 Å². The van der Waals surface area contributed by atoms with Crippen molar-refractivity contribution in [2.45, 2.75) is 25.5 Å². The van der Waals surface area contributed by atoms with Crippen LogP contribution in [0.3, 0.4) is 0 Å². The molecular weight excluding hydrogens is 476 g/mol. The molecule has 3 aromatic rings. The minimum atomic E-state index is -1.04. The summed E-state index contributed by atoms with van der Waals surface area (Å²) in [7, 11) is 0. The van der Waals surface area contributed by atoms with Gasteiger partial charge in [0.1, 0.15) is 6.61 Å². The van der Waals surface area contributed by atoms with Crippen LogP contribution < -0.4 is 4.90 Å². The Labute approximate surface area is 186 Å². The summed E-state index contributed by atoms with van der Waals surface area (Å²) in [5.74, 6) is -2.00. The summed E-state index contributed by atoms with van der Waals surface area (Å²) in [6.07, 6.45) is 0.354. The Morgan fingerprint density at radius 1 is 1.13 bits per heavy atom. The zero-order valence-electron chi connectivity index (χ0n) is 15.7. The van der Waals surface area contributed by atoms with E-state index in [4.69, 9.17) is 16.3 Å². The monoisotopic (exact) mass is 491 g/mol. The van der Waals surface area contributed by atoms with Crippen LogP contribution in [0.15, 0.2) is 65.1 Å². The third-order valence-corrected chi connectivity index (χ3v) is 6.05. The number of hydrogen-bond acceptors (Lipinski definition) is 2. The molecule has 0 radical (unpaired) electrons. The van der Waals surface area contributed by atoms with E-state index in [9.17, 15) is 13.6 Å². The van der Waals surface area contributed by atoms with E-state index in [0.717, 1.165) is 17.2 Å². The van der Waals surface area contributed by atoms with Gasteiger partial charge < -0.3 is 4.74 Å². The first-order chi connectivity index (χ1) is 14.5. The van der Waals surface area contributed by atoms with Crippen molar-refractivity contribution < 1.29 is 18.3 Å². The van der Waals surface area contributed by atoms with Crippen LogP contribution in [0.1, 0.15) is 29.2 Å². The van der Waals surface area contributed by atoms with Crippen LogP contribution in [-0.2, 0) is 17.8 Å². The van der Waals surface area contributed by atoms with Crippen molar-refractivity contribution in [3.63, 3.8) is 0 Å². The second kappa shape index (κ2) is 8.74. The van der Waals surface area contributed by atoms with Crippen molar-refractivity contribution in [1.29, 1.82) is 0 Å². The molecule has 0 saturated carbocycles. The quantitative estimate of drug-likeness (QED) is 0.362. The molecule has 3 nitrogen and oxygen atoms in total. The maximum Gasteiger partial charge on any atom is 0.415 e. The highest BCUT2D eigenvalue weighted by atomic mass is 79.9. The summed E-state index contributed by atoms with van der Waals surface area (Å²) in [4.78, 5) is 14.6. The second-order valence-corrected chi connectivity index (χ2v) is 8.24. The maximum atomic E-state index is 14.4. The number of benzene rings is 3. The minimum absolute atomic E-state index is 0.0646. The summed E-state index contributed by atoms with van der Waals surface area (Å²) in [6.45, 7) is 0.0646. The van der Waals surface area contributed by atoms with Gasteiger partial charge in [0.05, 0.1) is 16.2 Å². The standard InChI is InChI=1S/C23H17BrClF2NO2/c24-20-21(27)18(26)12-16-9-10-19(15-7-4-8-17(25)11-15)28(22(16)20)23(29)30-13-14-5-2-1-3-6-14/h1-8,11-12,19H,9-10,13H2. The highest BCUT2D eigenvalue weighted by Crippen LogP contribution is 2.45. The number of anilines is 1. The first-order valence-corrected chi connectivity index (χ1v) is 10.5. The molecule has 3 aromatic carbocycles. The van der Waals surface area contributed by atoms with Gasteiger partial charge in [-0.2, -0.15) is 0 Å². The molecule has 0 fully saturated rings. The average molecular weight is 493 g/mol. The summed E-state index contributed by atoms with van der Waals surface area (Å²) in [5, 5.41) is 0.528. The van der Waals surface area contributed by atoms with Crippen molar-refractivity contribution in [3.8, 4) is 0 Å². The molecule has 1 aliphatic rings. The van der Waals surface area contributed by atoms with E-state index in [2.05, 4.69) is 15.9 Å². The van der Waals surface area contributed by atoms with E-state index in [-0.39, 0.29) is 16.8 Å². The van der Waals surface area contributed by atoms with Crippen LogP contribution in [0, 0.1) is 11.6 Å². The number of carbonyl (C=O) groups is 1. The van der Waals surface area contributed by atoms with Gasteiger partial charge in [0.15, 0.2) is 11.6 Å². The molecule has 0 aliphatic carbocycles. The van der Waals surface area contributed by atoms with E-state index in [0.29, 0.717) is 23.4 Å². The molecule has 30 heavy (non-hydrogen) atoms. The van der Waals surface area contributed by atoms with Gasteiger partial charge in [0.2, 0.25) is 0 Å². The fourth-order valence-corrected chi connectivity index (χ4v) is 4.53. The highest BCUT2D eigenvalue weighted by molar-refractivity contribution is 9.10. The molecule has 154 valence electrons. The summed E-state index contributed by atoms with van der Waals surface area (Å²) < 4.78 is 33.8. The first-order valence-electron chi connectivity index (χ1n) is 9.37. The molecule has 1 heterocycles. The molecule has 0 aromatic heterocycles. The Morgan fingerprint density at radius 3 is 2.63 bits per heavy atom. The molecule has 4 rings (SSSR count). The van der Waals surface area contributed by atoms with Gasteiger partial charge in [-0.3, -0.25) is 4.90 Å². The Kier molecular flexibility index (Phi) is 6.06. The predicted molar refractivity (Wildman–Crippen MR) is 116 cm³/mol. The molecule has 0 spiro atoms. The van der Waals surface area contributed by atoms with E-state index in [1.165, 1.54) is 4.90 Å². The zero-order valence-corrected chi connectivity index (χ0v) is 18.1. The topological polar surface area (TPSA) is 29.5 Å². The summed E-state index contributed by atoms with van der Waals surface area (Å²) in [5.41, 5.74) is 2.44. The van der Waals surface area contributed by atoms with Gasteiger partial charge in [-0.1, -0.05) is 54.1 Å². The van der Waals surface area contributed by atoms with Crippen molar-refractivity contribution in [1.82, 2.24) is 0 Å².